The van der Waals surface area contributed by atoms with E-state index in [0.717, 1.165) is 38.5 Å². The van der Waals surface area contributed by atoms with Crippen LogP contribution in [0.2, 0.25) is 0 Å². The van der Waals surface area contributed by atoms with E-state index in [2.05, 4.69) is 31.3 Å². The number of unbranched alkanes of at least 4 members (excludes halogenated alkanes) is 52. The van der Waals surface area contributed by atoms with Gasteiger partial charge in [0, 0.05) is 6.42 Å². The number of amides is 1. The van der Waals surface area contributed by atoms with Crippen LogP contribution in [0, 0.1) is 0 Å². The summed E-state index contributed by atoms with van der Waals surface area (Å²) in [6, 6.07) is -0.716. The summed E-state index contributed by atoms with van der Waals surface area (Å²) in [6.45, 7) is 3.90. The lowest BCUT2D eigenvalue weighted by atomic mass is 9.99. The first-order valence-electron chi connectivity index (χ1n) is 35.9. The van der Waals surface area contributed by atoms with Crippen molar-refractivity contribution < 1.29 is 39.8 Å². The molecule has 9 heteroatoms. The zero-order chi connectivity index (χ0) is 57.9. The Morgan fingerprint density at radius 3 is 1.01 bits per heavy atom. The monoisotopic (exact) mass is 1130 g/mol. The Kier molecular flexibility index (Phi) is 58.7. The largest absolute Gasteiger partial charge is 0.394 e. The highest BCUT2D eigenvalue weighted by Crippen LogP contribution is 2.24. The highest BCUT2D eigenvalue weighted by molar-refractivity contribution is 5.76. The number of carbonyl (C=O) groups excluding carboxylic acids is 1. The summed E-state index contributed by atoms with van der Waals surface area (Å²) in [6.07, 6.45) is 71.5. The van der Waals surface area contributed by atoms with Gasteiger partial charge in [0.25, 0.3) is 0 Å². The molecule has 1 amide bonds. The molecule has 0 aromatic rings. The van der Waals surface area contributed by atoms with Gasteiger partial charge in [-0.25, -0.2) is 0 Å². The van der Waals surface area contributed by atoms with Crippen LogP contribution in [0.5, 0.6) is 0 Å². The van der Waals surface area contributed by atoms with Crippen LogP contribution >= 0.6 is 0 Å². The second-order valence-electron chi connectivity index (χ2n) is 25.4. The van der Waals surface area contributed by atoms with Crippen LogP contribution in [0.4, 0.5) is 0 Å². The predicted octanol–water partition coefficient (Wildman–Crippen LogP) is 19.5. The maximum Gasteiger partial charge on any atom is 0.220 e. The zero-order valence-corrected chi connectivity index (χ0v) is 53.4. The molecule has 1 fully saturated rings. The van der Waals surface area contributed by atoms with Crippen LogP contribution in [-0.4, -0.2) is 87.5 Å². The molecular formula is C71H139NO8. The average Bonchev–Trinajstić information content (AvgIpc) is 3.46. The van der Waals surface area contributed by atoms with E-state index in [9.17, 15) is 30.3 Å². The molecular weight excluding hydrogens is 995 g/mol. The van der Waals surface area contributed by atoms with Gasteiger partial charge in [-0.3, -0.25) is 4.79 Å². The second kappa shape index (κ2) is 61.0. The summed E-state index contributed by atoms with van der Waals surface area (Å²) in [4.78, 5) is 13.1. The summed E-state index contributed by atoms with van der Waals surface area (Å²) < 4.78 is 11.4. The van der Waals surface area contributed by atoms with Crippen LogP contribution < -0.4 is 5.32 Å². The predicted molar refractivity (Wildman–Crippen MR) is 341 cm³/mol. The standard InChI is InChI=1S/C71H139NO8/c1-3-5-7-9-11-13-15-17-19-21-23-25-26-27-28-29-30-31-32-33-34-35-36-37-38-39-40-41-43-45-47-49-51-53-55-57-59-61-67(75)72-64(63-79-71-70(78)69(77)68(76)66(62-73)80-71)65(74)60-58-56-54-52-50-48-46-44-42-24-22-20-18-16-14-12-10-8-6-4-2/h21,23,64-66,68-71,73-74,76-78H,3-20,22,24-63H2,1-2H3,(H,72,75)/b23-21-. The smallest absolute Gasteiger partial charge is 0.220 e. The molecule has 1 saturated heterocycles. The average molecular weight is 1130 g/mol. The first kappa shape index (κ1) is 76.9. The van der Waals surface area contributed by atoms with Crippen LogP contribution in [-0.2, 0) is 14.3 Å². The van der Waals surface area contributed by atoms with Gasteiger partial charge in [0.2, 0.25) is 5.91 Å². The Bertz CT molecular complexity index is 1270. The fraction of sp³-hybridized carbons (Fsp3) is 0.958. The normalized spacial score (nSPS) is 18.4. The maximum absolute atomic E-state index is 13.1. The summed E-state index contributed by atoms with van der Waals surface area (Å²) in [5.74, 6) is -0.134. The van der Waals surface area contributed by atoms with E-state index in [4.69, 9.17) is 9.47 Å². The van der Waals surface area contributed by atoms with Gasteiger partial charge < -0.3 is 40.3 Å². The number of rotatable bonds is 64. The minimum atomic E-state index is -1.55. The van der Waals surface area contributed by atoms with E-state index in [1.807, 2.05) is 0 Å². The summed E-state index contributed by atoms with van der Waals surface area (Å²) >= 11 is 0. The van der Waals surface area contributed by atoms with Crippen molar-refractivity contribution in [2.24, 2.45) is 0 Å². The molecule has 0 spiro atoms. The van der Waals surface area contributed by atoms with E-state index in [-0.39, 0.29) is 12.5 Å². The van der Waals surface area contributed by atoms with Gasteiger partial charge >= 0.3 is 0 Å². The molecule has 0 bridgehead atoms. The van der Waals surface area contributed by atoms with Crippen molar-refractivity contribution in [1.82, 2.24) is 5.32 Å². The molecule has 9 nitrogen and oxygen atoms in total. The highest BCUT2D eigenvalue weighted by Gasteiger charge is 2.44. The van der Waals surface area contributed by atoms with Crippen molar-refractivity contribution in [3.8, 4) is 0 Å². The molecule has 80 heavy (non-hydrogen) atoms. The van der Waals surface area contributed by atoms with Crippen LogP contribution in [0.25, 0.3) is 0 Å². The molecule has 1 aliphatic rings. The van der Waals surface area contributed by atoms with E-state index in [1.165, 1.54) is 315 Å². The Morgan fingerprint density at radius 1 is 0.412 bits per heavy atom. The number of hydrogen-bond donors (Lipinski definition) is 6. The third-order valence-corrected chi connectivity index (χ3v) is 17.6. The minimum Gasteiger partial charge on any atom is -0.394 e. The summed E-state index contributed by atoms with van der Waals surface area (Å²) in [5, 5.41) is 54.9. The van der Waals surface area contributed by atoms with Gasteiger partial charge in [-0.05, 0) is 38.5 Å². The number of carbonyl (C=O) groups is 1. The van der Waals surface area contributed by atoms with E-state index in [0.29, 0.717) is 12.8 Å². The summed E-state index contributed by atoms with van der Waals surface area (Å²) in [5.41, 5.74) is 0. The number of aliphatic hydroxyl groups is 5. The van der Waals surface area contributed by atoms with Gasteiger partial charge in [0.05, 0.1) is 25.4 Å². The first-order valence-corrected chi connectivity index (χ1v) is 35.9. The number of ether oxygens (including phenoxy) is 2. The molecule has 0 aromatic heterocycles. The number of nitrogens with one attached hydrogen (secondary N) is 1. The van der Waals surface area contributed by atoms with Crippen LogP contribution in [0.1, 0.15) is 380 Å². The number of hydrogen-bond acceptors (Lipinski definition) is 8. The summed E-state index contributed by atoms with van der Waals surface area (Å²) in [7, 11) is 0. The maximum atomic E-state index is 13.1. The Balaban J connectivity index is 2.04. The van der Waals surface area contributed by atoms with Gasteiger partial charge in [-0.15, -0.1) is 0 Å². The SMILES string of the molecule is CCCCCCCCCC/C=C\CCCCCCCCCCCCCCCCCCCCCCCCCCCC(=O)NC(COC1OC(CO)C(O)C(O)C1O)C(O)CCCCCCCCCCCCCCCCCCCCCC. The number of aliphatic hydroxyl groups excluding tert-OH is 5. The Hall–Kier alpha value is -1.07. The Labute approximate surface area is 496 Å². The fourth-order valence-electron chi connectivity index (χ4n) is 12.0. The van der Waals surface area contributed by atoms with E-state index < -0.39 is 49.5 Å². The third kappa shape index (κ3) is 49.2. The first-order chi connectivity index (χ1) is 39.3. The number of allylic oxidation sites excluding steroid dienone is 2. The molecule has 1 heterocycles. The molecule has 1 aliphatic heterocycles. The van der Waals surface area contributed by atoms with Crippen molar-refractivity contribution in [2.45, 2.75) is 423 Å². The van der Waals surface area contributed by atoms with Crippen molar-refractivity contribution in [1.29, 1.82) is 0 Å². The Morgan fingerprint density at radius 2 is 0.700 bits per heavy atom. The molecule has 0 aromatic carbocycles. The van der Waals surface area contributed by atoms with Crippen molar-refractivity contribution in [2.75, 3.05) is 13.2 Å². The van der Waals surface area contributed by atoms with Gasteiger partial charge in [-0.2, -0.15) is 0 Å². The zero-order valence-electron chi connectivity index (χ0n) is 53.4. The minimum absolute atomic E-state index is 0.131. The third-order valence-electron chi connectivity index (χ3n) is 17.6. The molecule has 7 atom stereocenters. The second-order valence-corrected chi connectivity index (χ2v) is 25.4. The lowest BCUT2D eigenvalue weighted by molar-refractivity contribution is -0.302. The quantitative estimate of drug-likeness (QED) is 0.0261. The molecule has 476 valence electrons. The van der Waals surface area contributed by atoms with Crippen molar-refractivity contribution >= 4 is 5.91 Å². The topological polar surface area (TPSA) is 149 Å². The highest BCUT2D eigenvalue weighted by atomic mass is 16.7. The van der Waals surface area contributed by atoms with Gasteiger partial charge in [0.15, 0.2) is 6.29 Å². The lowest BCUT2D eigenvalue weighted by Gasteiger charge is -2.40. The van der Waals surface area contributed by atoms with E-state index in [1.54, 1.807) is 0 Å². The lowest BCUT2D eigenvalue weighted by Crippen LogP contribution is -2.60. The molecule has 1 rings (SSSR count). The van der Waals surface area contributed by atoms with Gasteiger partial charge in [0.1, 0.15) is 24.4 Å². The molecule has 0 radical (unpaired) electrons. The molecule has 7 unspecified atom stereocenters. The van der Waals surface area contributed by atoms with Gasteiger partial charge in [-0.1, -0.05) is 347 Å². The van der Waals surface area contributed by atoms with Crippen molar-refractivity contribution in [3.05, 3.63) is 12.2 Å². The fourth-order valence-corrected chi connectivity index (χ4v) is 12.0. The molecule has 0 saturated carbocycles. The van der Waals surface area contributed by atoms with Crippen LogP contribution in [0.15, 0.2) is 12.2 Å². The molecule has 0 aliphatic carbocycles. The van der Waals surface area contributed by atoms with Crippen LogP contribution in [0.3, 0.4) is 0 Å². The van der Waals surface area contributed by atoms with E-state index >= 15 is 0 Å². The van der Waals surface area contributed by atoms with Crippen molar-refractivity contribution in [3.63, 3.8) is 0 Å². The molecule has 6 N–H and O–H groups in total.